The lowest BCUT2D eigenvalue weighted by molar-refractivity contribution is 0.0702. The molecule has 1 fully saturated rings. The maximum absolute atomic E-state index is 12.1. The van der Waals surface area contributed by atoms with Gasteiger partial charge in [0, 0.05) is 10.9 Å². The van der Waals surface area contributed by atoms with Crippen LogP contribution in [0.1, 0.15) is 36.4 Å². The molecule has 1 aliphatic carbocycles. The van der Waals surface area contributed by atoms with Gasteiger partial charge in [-0.25, -0.2) is 17.9 Å². The second-order valence-electron chi connectivity index (χ2n) is 5.05. The SMILES string of the molecule is CC(C)(NS(=O)(=O)c1csc(C(=O)O)c1)C1CC1. The second kappa shape index (κ2) is 4.32. The molecule has 0 spiro atoms. The first-order valence-corrected chi connectivity index (χ1v) is 7.94. The Morgan fingerprint density at radius 2 is 2.11 bits per heavy atom. The van der Waals surface area contributed by atoms with Gasteiger partial charge >= 0.3 is 5.97 Å². The van der Waals surface area contributed by atoms with Gasteiger partial charge in [0.15, 0.2) is 0 Å². The van der Waals surface area contributed by atoms with Crippen LogP contribution in [-0.2, 0) is 10.0 Å². The number of thiophene rings is 1. The minimum absolute atomic E-state index is 0.0265. The monoisotopic (exact) mass is 289 g/mol. The molecule has 2 rings (SSSR count). The predicted molar refractivity (Wildman–Crippen MR) is 68.4 cm³/mol. The zero-order valence-corrected chi connectivity index (χ0v) is 11.8. The molecule has 100 valence electrons. The molecule has 0 amide bonds. The number of carbonyl (C=O) groups is 1. The van der Waals surface area contributed by atoms with Crippen molar-refractivity contribution in [2.75, 3.05) is 0 Å². The molecule has 0 atom stereocenters. The van der Waals surface area contributed by atoms with Gasteiger partial charge in [-0.2, -0.15) is 0 Å². The Labute approximate surface area is 110 Å². The van der Waals surface area contributed by atoms with Crippen LogP contribution in [0.15, 0.2) is 16.3 Å². The summed E-state index contributed by atoms with van der Waals surface area (Å²) in [4.78, 5) is 10.8. The molecule has 0 aromatic carbocycles. The number of aromatic carboxylic acids is 1. The fraction of sp³-hybridized carbons (Fsp3) is 0.545. The van der Waals surface area contributed by atoms with E-state index in [0.717, 1.165) is 24.2 Å². The Morgan fingerprint density at radius 1 is 1.50 bits per heavy atom. The van der Waals surface area contributed by atoms with Crippen LogP contribution in [0.2, 0.25) is 0 Å². The van der Waals surface area contributed by atoms with E-state index >= 15 is 0 Å². The molecule has 2 N–H and O–H groups in total. The van der Waals surface area contributed by atoms with Gasteiger partial charge in [0.1, 0.15) is 4.88 Å². The Hall–Kier alpha value is -0.920. The van der Waals surface area contributed by atoms with Crippen LogP contribution in [0.4, 0.5) is 0 Å². The highest BCUT2D eigenvalue weighted by atomic mass is 32.2. The third-order valence-corrected chi connectivity index (χ3v) is 5.81. The predicted octanol–water partition coefficient (Wildman–Crippen LogP) is 1.91. The highest BCUT2D eigenvalue weighted by Gasteiger charge is 2.40. The second-order valence-corrected chi connectivity index (χ2v) is 7.65. The summed E-state index contributed by atoms with van der Waals surface area (Å²) in [5, 5.41) is 10.1. The molecule has 0 saturated heterocycles. The Bertz CT molecular complexity index is 570. The molecule has 1 heterocycles. The lowest BCUT2D eigenvalue weighted by Crippen LogP contribution is -2.44. The van der Waals surface area contributed by atoms with E-state index in [1.807, 2.05) is 13.8 Å². The van der Waals surface area contributed by atoms with Gasteiger partial charge < -0.3 is 5.11 Å². The molecular weight excluding hydrogens is 274 g/mol. The average Bonchev–Trinajstić information content (AvgIpc) is 2.94. The third-order valence-electron chi connectivity index (χ3n) is 3.09. The van der Waals surface area contributed by atoms with E-state index in [0.29, 0.717) is 5.92 Å². The van der Waals surface area contributed by atoms with E-state index in [1.165, 1.54) is 11.4 Å². The summed E-state index contributed by atoms with van der Waals surface area (Å²) in [6.07, 6.45) is 2.05. The zero-order valence-electron chi connectivity index (χ0n) is 10.1. The molecule has 1 aromatic rings. The third kappa shape index (κ3) is 2.73. The summed E-state index contributed by atoms with van der Waals surface area (Å²) >= 11 is 0.916. The topological polar surface area (TPSA) is 83.5 Å². The van der Waals surface area contributed by atoms with Gasteiger partial charge in [-0.1, -0.05) is 0 Å². The zero-order chi connectivity index (χ0) is 13.6. The van der Waals surface area contributed by atoms with E-state index in [1.54, 1.807) is 0 Å². The maximum Gasteiger partial charge on any atom is 0.345 e. The molecular formula is C11H15NO4S2. The Kier molecular flexibility index (Phi) is 3.25. The summed E-state index contributed by atoms with van der Waals surface area (Å²) in [5.41, 5.74) is -0.482. The van der Waals surface area contributed by atoms with Crippen molar-refractivity contribution < 1.29 is 18.3 Å². The van der Waals surface area contributed by atoms with Crippen molar-refractivity contribution in [2.45, 2.75) is 37.1 Å². The maximum atomic E-state index is 12.1. The number of sulfonamides is 1. The normalized spacial score (nSPS) is 16.8. The molecule has 0 bridgehead atoms. The van der Waals surface area contributed by atoms with E-state index in [-0.39, 0.29) is 9.77 Å². The summed E-state index contributed by atoms with van der Waals surface area (Å²) in [6.45, 7) is 3.71. The Balaban J connectivity index is 2.22. The summed E-state index contributed by atoms with van der Waals surface area (Å²) in [5.74, 6) is -0.743. The minimum atomic E-state index is -3.64. The van der Waals surface area contributed by atoms with Crippen molar-refractivity contribution in [3.05, 3.63) is 16.3 Å². The average molecular weight is 289 g/mol. The molecule has 7 heteroatoms. The smallest absolute Gasteiger partial charge is 0.345 e. The first-order valence-electron chi connectivity index (χ1n) is 5.58. The molecule has 0 unspecified atom stereocenters. The van der Waals surface area contributed by atoms with E-state index < -0.39 is 21.5 Å². The van der Waals surface area contributed by atoms with Crippen LogP contribution in [-0.4, -0.2) is 25.0 Å². The highest BCUT2D eigenvalue weighted by molar-refractivity contribution is 7.89. The molecule has 0 radical (unpaired) electrons. The number of carboxylic acids is 1. The van der Waals surface area contributed by atoms with E-state index in [4.69, 9.17) is 5.11 Å². The molecule has 18 heavy (non-hydrogen) atoms. The van der Waals surface area contributed by atoms with Crippen LogP contribution in [0.5, 0.6) is 0 Å². The van der Waals surface area contributed by atoms with Gasteiger partial charge in [-0.3, -0.25) is 0 Å². The number of hydrogen-bond donors (Lipinski definition) is 2. The fourth-order valence-electron chi connectivity index (χ4n) is 1.87. The van der Waals surface area contributed by atoms with Crippen LogP contribution in [0, 0.1) is 5.92 Å². The van der Waals surface area contributed by atoms with Gasteiger partial charge in [-0.15, -0.1) is 11.3 Å². The number of nitrogens with one attached hydrogen (secondary N) is 1. The molecule has 5 nitrogen and oxygen atoms in total. The van der Waals surface area contributed by atoms with Crippen LogP contribution < -0.4 is 4.72 Å². The number of rotatable bonds is 5. The van der Waals surface area contributed by atoms with Crippen molar-refractivity contribution in [1.82, 2.24) is 4.72 Å². The van der Waals surface area contributed by atoms with Gasteiger partial charge in [0.05, 0.1) is 4.90 Å². The van der Waals surface area contributed by atoms with E-state index in [2.05, 4.69) is 4.72 Å². The first kappa shape index (κ1) is 13.5. The fourth-order valence-corrected chi connectivity index (χ4v) is 4.45. The van der Waals surface area contributed by atoms with Gasteiger partial charge in [-0.05, 0) is 38.7 Å². The summed E-state index contributed by atoms with van der Waals surface area (Å²) < 4.78 is 26.9. The Morgan fingerprint density at radius 3 is 2.56 bits per heavy atom. The number of hydrogen-bond acceptors (Lipinski definition) is 4. The summed E-state index contributed by atoms with van der Waals surface area (Å²) in [6, 6.07) is 1.19. The molecule has 1 saturated carbocycles. The van der Waals surface area contributed by atoms with Crippen LogP contribution in [0.25, 0.3) is 0 Å². The van der Waals surface area contributed by atoms with Crippen molar-refractivity contribution in [3.8, 4) is 0 Å². The van der Waals surface area contributed by atoms with Gasteiger partial charge in [0.25, 0.3) is 0 Å². The largest absolute Gasteiger partial charge is 0.477 e. The molecule has 0 aliphatic heterocycles. The highest BCUT2D eigenvalue weighted by Crippen LogP contribution is 2.40. The van der Waals surface area contributed by atoms with E-state index in [9.17, 15) is 13.2 Å². The van der Waals surface area contributed by atoms with Crippen molar-refractivity contribution >= 4 is 27.3 Å². The first-order chi connectivity index (χ1) is 8.22. The lowest BCUT2D eigenvalue weighted by atomic mass is 10.0. The minimum Gasteiger partial charge on any atom is -0.477 e. The quantitative estimate of drug-likeness (QED) is 0.867. The lowest BCUT2D eigenvalue weighted by Gasteiger charge is -2.25. The van der Waals surface area contributed by atoms with Crippen molar-refractivity contribution in [1.29, 1.82) is 0 Å². The van der Waals surface area contributed by atoms with Gasteiger partial charge in [0.2, 0.25) is 10.0 Å². The van der Waals surface area contributed by atoms with Crippen molar-refractivity contribution in [3.63, 3.8) is 0 Å². The van der Waals surface area contributed by atoms with Crippen LogP contribution in [0.3, 0.4) is 0 Å². The standard InChI is InChI=1S/C11H15NO4S2/c1-11(2,7-3-4-7)12-18(15,16)8-5-9(10(13)14)17-6-8/h5-7,12H,3-4H2,1-2H3,(H,13,14). The molecule has 1 aliphatic rings. The van der Waals surface area contributed by atoms with Crippen molar-refractivity contribution in [2.24, 2.45) is 5.92 Å². The van der Waals surface area contributed by atoms with Crippen LogP contribution >= 0.6 is 11.3 Å². The summed E-state index contributed by atoms with van der Waals surface area (Å²) in [7, 11) is -3.64. The molecule has 1 aromatic heterocycles. The number of carboxylic acid groups (broad SMARTS) is 1.